The van der Waals surface area contributed by atoms with Gasteiger partial charge >= 0.3 is 0 Å². The average Bonchev–Trinajstić information content (AvgIpc) is 2.71. The minimum atomic E-state index is -0.145. The molecule has 5 nitrogen and oxygen atoms in total. The smallest absolute Gasteiger partial charge is 0.224 e. The maximum Gasteiger partial charge on any atom is 0.224 e. The number of hydrogen-bond acceptors (Lipinski definition) is 5. The fraction of sp³-hybridized carbons (Fsp3) is 0.500. The maximum absolute atomic E-state index is 8.91. The molecule has 1 saturated heterocycles. The lowest BCUT2D eigenvalue weighted by Gasteiger charge is -2.15. The summed E-state index contributed by atoms with van der Waals surface area (Å²) in [5.41, 5.74) is 0.896. The summed E-state index contributed by atoms with van der Waals surface area (Å²) < 4.78 is 5.24. The van der Waals surface area contributed by atoms with E-state index in [4.69, 9.17) is 21.6 Å². The van der Waals surface area contributed by atoms with Crippen molar-refractivity contribution in [1.29, 1.82) is 5.26 Å². The zero-order valence-electron chi connectivity index (χ0n) is 8.77. The molecule has 6 heteroatoms. The Bertz CT molecular complexity index is 431. The van der Waals surface area contributed by atoms with Crippen molar-refractivity contribution in [3.05, 3.63) is 17.0 Å². The fourth-order valence-corrected chi connectivity index (χ4v) is 1.70. The van der Waals surface area contributed by atoms with Gasteiger partial charge in [-0.15, -0.1) is 0 Å². The number of ether oxygens (including phenoxy) is 1. The number of hydrogen-bond donors (Lipinski definition) is 1. The summed E-state index contributed by atoms with van der Waals surface area (Å²) in [4.78, 5) is 7.95. The summed E-state index contributed by atoms with van der Waals surface area (Å²) in [5.74, 6) is 0.517. The summed E-state index contributed by atoms with van der Waals surface area (Å²) >= 11 is 5.71. The van der Waals surface area contributed by atoms with Gasteiger partial charge in [-0.25, -0.2) is 9.97 Å². The van der Waals surface area contributed by atoms with E-state index >= 15 is 0 Å². The summed E-state index contributed by atoms with van der Waals surface area (Å²) in [6, 6.07) is 2.17. The van der Waals surface area contributed by atoms with Gasteiger partial charge in [-0.1, -0.05) is 0 Å². The molecule has 1 aromatic rings. The first kappa shape index (κ1) is 11.1. The van der Waals surface area contributed by atoms with Gasteiger partial charge in [0.05, 0.1) is 31.2 Å². The third-order valence-electron chi connectivity index (χ3n) is 2.51. The molecule has 1 aromatic heterocycles. The van der Waals surface area contributed by atoms with Crippen molar-refractivity contribution < 1.29 is 4.74 Å². The lowest BCUT2D eigenvalue weighted by atomic mass is 10.1. The van der Waals surface area contributed by atoms with Crippen LogP contribution in [0.15, 0.2) is 6.20 Å². The molecule has 0 aliphatic carbocycles. The largest absolute Gasteiger partial charge is 0.378 e. The van der Waals surface area contributed by atoms with E-state index in [1.165, 1.54) is 0 Å². The Kier molecular flexibility index (Phi) is 3.22. The second-order valence-electron chi connectivity index (χ2n) is 3.69. The van der Waals surface area contributed by atoms with Crippen molar-refractivity contribution in [1.82, 2.24) is 9.97 Å². The van der Waals surface area contributed by atoms with Gasteiger partial charge in [-0.3, -0.25) is 0 Å². The maximum atomic E-state index is 8.91. The van der Waals surface area contributed by atoms with Crippen molar-refractivity contribution in [3.8, 4) is 6.07 Å². The van der Waals surface area contributed by atoms with E-state index in [-0.39, 0.29) is 17.2 Å². The fourth-order valence-electron chi connectivity index (χ4n) is 1.57. The van der Waals surface area contributed by atoms with Gasteiger partial charge < -0.3 is 10.1 Å². The number of rotatable bonds is 2. The number of nitrogens with zero attached hydrogens (tertiary/aromatic N) is 3. The Morgan fingerprint density at radius 2 is 2.44 bits per heavy atom. The first-order chi connectivity index (χ1) is 7.70. The molecular weight excluding hydrogens is 228 g/mol. The quantitative estimate of drug-likeness (QED) is 0.789. The van der Waals surface area contributed by atoms with Gasteiger partial charge in [-0.2, -0.15) is 5.26 Å². The van der Waals surface area contributed by atoms with Crippen molar-refractivity contribution >= 4 is 17.4 Å². The van der Waals surface area contributed by atoms with Crippen LogP contribution in [0.1, 0.15) is 5.56 Å². The zero-order chi connectivity index (χ0) is 11.5. The van der Waals surface area contributed by atoms with E-state index in [2.05, 4.69) is 21.4 Å². The van der Waals surface area contributed by atoms with Gasteiger partial charge in [0.1, 0.15) is 5.82 Å². The van der Waals surface area contributed by atoms with Crippen molar-refractivity contribution in [2.24, 2.45) is 5.92 Å². The molecule has 1 fully saturated rings. The van der Waals surface area contributed by atoms with Crippen LogP contribution >= 0.6 is 11.6 Å². The van der Waals surface area contributed by atoms with Crippen LogP contribution in [0.3, 0.4) is 0 Å². The van der Waals surface area contributed by atoms with Gasteiger partial charge in [0.2, 0.25) is 5.28 Å². The highest BCUT2D eigenvalue weighted by Crippen LogP contribution is 2.20. The van der Waals surface area contributed by atoms with Crippen LogP contribution in [-0.2, 0) is 4.74 Å². The minimum absolute atomic E-state index is 0.0327. The molecule has 1 aliphatic heterocycles. The zero-order valence-corrected chi connectivity index (χ0v) is 9.53. The van der Waals surface area contributed by atoms with Crippen LogP contribution in [0.5, 0.6) is 0 Å². The van der Waals surface area contributed by atoms with E-state index in [0.29, 0.717) is 19.0 Å². The van der Waals surface area contributed by atoms with Crippen LogP contribution in [0.25, 0.3) is 0 Å². The van der Waals surface area contributed by atoms with Gasteiger partial charge in [0.15, 0.2) is 0 Å². The number of aryl methyl sites for hydroxylation is 1. The molecule has 0 radical (unpaired) electrons. The van der Waals surface area contributed by atoms with Crippen LogP contribution in [-0.4, -0.2) is 29.2 Å². The lowest BCUT2D eigenvalue weighted by Crippen LogP contribution is -2.27. The highest BCUT2D eigenvalue weighted by molar-refractivity contribution is 6.28. The van der Waals surface area contributed by atoms with Crippen molar-refractivity contribution in [2.75, 3.05) is 18.5 Å². The van der Waals surface area contributed by atoms with Crippen molar-refractivity contribution in [2.45, 2.75) is 13.0 Å². The Labute approximate surface area is 98.4 Å². The molecular formula is C10H11ClN4O. The second-order valence-corrected chi connectivity index (χ2v) is 4.03. The summed E-state index contributed by atoms with van der Waals surface area (Å²) in [6.45, 7) is 2.86. The lowest BCUT2D eigenvalue weighted by molar-refractivity contribution is 0.190. The SMILES string of the molecule is Cc1cnc(Cl)nc1N[C@H]1COCC1C#N. The first-order valence-electron chi connectivity index (χ1n) is 4.93. The normalized spacial score (nSPS) is 24.1. The molecule has 1 aliphatic rings. The topological polar surface area (TPSA) is 70.8 Å². The Morgan fingerprint density at radius 1 is 1.62 bits per heavy atom. The molecule has 0 saturated carbocycles. The monoisotopic (exact) mass is 238 g/mol. The Balaban J connectivity index is 2.14. The van der Waals surface area contributed by atoms with Crippen LogP contribution in [0.4, 0.5) is 5.82 Å². The number of aromatic nitrogens is 2. The average molecular weight is 239 g/mol. The van der Waals surface area contributed by atoms with E-state index in [1.54, 1.807) is 6.20 Å². The highest BCUT2D eigenvalue weighted by Gasteiger charge is 2.28. The number of nitrogens with one attached hydrogen (secondary N) is 1. The first-order valence-corrected chi connectivity index (χ1v) is 5.31. The second kappa shape index (κ2) is 4.64. The molecule has 0 bridgehead atoms. The molecule has 2 rings (SSSR count). The molecule has 84 valence electrons. The van der Waals surface area contributed by atoms with Crippen LogP contribution in [0.2, 0.25) is 5.28 Å². The molecule has 2 heterocycles. The van der Waals surface area contributed by atoms with Crippen LogP contribution < -0.4 is 5.32 Å². The van der Waals surface area contributed by atoms with E-state index < -0.39 is 0 Å². The summed E-state index contributed by atoms with van der Waals surface area (Å²) in [6.07, 6.45) is 1.65. The van der Waals surface area contributed by atoms with Gasteiger partial charge in [-0.05, 0) is 18.5 Å². The molecule has 1 N–H and O–H groups in total. The molecule has 2 atom stereocenters. The van der Waals surface area contributed by atoms with Gasteiger partial charge in [0, 0.05) is 11.8 Å². The van der Waals surface area contributed by atoms with E-state index in [1.807, 2.05) is 6.92 Å². The summed E-state index contributed by atoms with van der Waals surface area (Å²) in [5, 5.41) is 12.3. The van der Waals surface area contributed by atoms with Crippen molar-refractivity contribution in [3.63, 3.8) is 0 Å². The minimum Gasteiger partial charge on any atom is -0.378 e. The van der Waals surface area contributed by atoms with E-state index in [0.717, 1.165) is 5.56 Å². The number of anilines is 1. The number of nitriles is 1. The standard InChI is InChI=1S/C10H11ClN4O/c1-6-3-13-10(11)15-9(6)14-8-5-16-4-7(8)2-12/h3,7-8H,4-5H2,1H3,(H,13,14,15)/t7?,8-/m0/s1. The molecule has 0 spiro atoms. The number of halogens is 1. The Hall–Kier alpha value is -1.38. The predicted molar refractivity (Wildman–Crippen MR) is 59.1 cm³/mol. The third-order valence-corrected chi connectivity index (χ3v) is 2.69. The van der Waals surface area contributed by atoms with Gasteiger partial charge in [0.25, 0.3) is 0 Å². The molecule has 0 aromatic carbocycles. The Morgan fingerprint density at radius 3 is 3.19 bits per heavy atom. The molecule has 1 unspecified atom stereocenters. The molecule has 16 heavy (non-hydrogen) atoms. The molecule has 0 amide bonds. The summed E-state index contributed by atoms with van der Waals surface area (Å²) in [7, 11) is 0. The highest BCUT2D eigenvalue weighted by atomic mass is 35.5. The van der Waals surface area contributed by atoms with Crippen LogP contribution in [0, 0.1) is 24.2 Å². The van der Waals surface area contributed by atoms with E-state index in [9.17, 15) is 0 Å². The third kappa shape index (κ3) is 2.23. The predicted octanol–water partition coefficient (Wildman–Crippen LogP) is 1.39.